The van der Waals surface area contributed by atoms with Gasteiger partial charge in [0.2, 0.25) is 0 Å². The maximum Gasteiger partial charge on any atom is 0.407 e. The topological polar surface area (TPSA) is 97.3 Å². The predicted octanol–water partition coefficient (Wildman–Crippen LogP) is 7.76. The molecule has 3 atom stereocenters. The van der Waals surface area contributed by atoms with Gasteiger partial charge in [0, 0.05) is 13.1 Å². The monoisotopic (exact) mass is 672 g/mol. The van der Waals surface area contributed by atoms with Crippen LogP contribution in [0.25, 0.3) is 0 Å². The number of ether oxygens (including phenoxy) is 2. The molecule has 2 N–H and O–H groups in total. The molecule has 0 bridgehead atoms. The molecule has 1 amide bonds. The second-order valence-electron chi connectivity index (χ2n) is 13.3. The second kappa shape index (κ2) is 17.5. The second-order valence-corrected chi connectivity index (χ2v) is 15.7. The van der Waals surface area contributed by atoms with E-state index in [-0.39, 0.29) is 19.1 Å². The molecule has 4 rings (SSSR count). The van der Waals surface area contributed by atoms with Crippen molar-refractivity contribution in [3.63, 3.8) is 0 Å². The van der Waals surface area contributed by atoms with E-state index in [1.54, 1.807) is 49.7 Å². The third-order valence-electron chi connectivity index (χ3n) is 7.47. The molecule has 4 aromatic carbocycles. The van der Waals surface area contributed by atoms with Crippen molar-refractivity contribution in [3.05, 3.63) is 132 Å². The zero-order chi connectivity index (χ0) is 34.6. The minimum atomic E-state index is -3.77. The van der Waals surface area contributed by atoms with Gasteiger partial charge in [0.15, 0.2) is 0 Å². The van der Waals surface area contributed by atoms with E-state index in [9.17, 15) is 9.90 Å². The largest absolute Gasteiger partial charge is 0.489 e. The Morgan fingerprint density at radius 2 is 1.29 bits per heavy atom. The smallest absolute Gasteiger partial charge is 0.407 e. The van der Waals surface area contributed by atoms with E-state index < -0.39 is 31.4 Å². The van der Waals surface area contributed by atoms with Crippen LogP contribution < -0.4 is 15.4 Å². The average molecular weight is 673 g/mol. The van der Waals surface area contributed by atoms with Crippen molar-refractivity contribution in [1.82, 2.24) is 9.99 Å². The molecule has 4 aromatic rings. The summed E-state index contributed by atoms with van der Waals surface area (Å²) in [7, 11) is -3.77. The first-order valence-corrected chi connectivity index (χ1v) is 18.0. The van der Waals surface area contributed by atoms with Gasteiger partial charge in [0.25, 0.3) is 0 Å². The molecular formula is C39H49N2O6P. The molecule has 0 saturated carbocycles. The van der Waals surface area contributed by atoms with E-state index in [4.69, 9.17) is 14.0 Å². The standard InChI is InChI=1S/C39H49N2O6P/c1-30(2)26-41(27-37(42)36(25-31-15-9-6-10-16-31)40-38(43)47-39(3,4)5)48(44,46-29-33-19-13-8-14-20-33)35-23-21-34(22-24-35)45-28-32-17-11-7-12-18-32/h6-24,30,36-37,42H,25-29H2,1-5H3,(H,40,43)/t36-,37+,48?/m0/s1. The summed E-state index contributed by atoms with van der Waals surface area (Å²) in [5, 5.41) is 15.2. The van der Waals surface area contributed by atoms with Gasteiger partial charge in [-0.05, 0) is 74.1 Å². The number of rotatable bonds is 16. The number of benzene rings is 4. The quantitative estimate of drug-likeness (QED) is 0.118. The molecule has 0 aliphatic heterocycles. The third-order valence-corrected chi connectivity index (χ3v) is 9.97. The van der Waals surface area contributed by atoms with E-state index in [1.807, 2.05) is 105 Å². The molecule has 48 heavy (non-hydrogen) atoms. The van der Waals surface area contributed by atoms with Gasteiger partial charge in [-0.1, -0.05) is 105 Å². The van der Waals surface area contributed by atoms with Crippen molar-refractivity contribution >= 4 is 18.9 Å². The molecular weight excluding hydrogens is 623 g/mol. The van der Waals surface area contributed by atoms with Crippen molar-refractivity contribution < 1.29 is 28.5 Å². The fraction of sp³-hybridized carbons (Fsp3) is 0.359. The highest BCUT2D eigenvalue weighted by atomic mass is 31.2. The van der Waals surface area contributed by atoms with Gasteiger partial charge in [-0.3, -0.25) is 4.57 Å². The molecule has 0 aliphatic carbocycles. The van der Waals surface area contributed by atoms with Crippen molar-refractivity contribution in [2.75, 3.05) is 13.1 Å². The summed E-state index contributed by atoms with van der Waals surface area (Å²) in [6, 6.07) is 35.5. The number of hydrogen-bond donors (Lipinski definition) is 2. The lowest BCUT2D eigenvalue weighted by atomic mass is 10.0. The van der Waals surface area contributed by atoms with Gasteiger partial charge in [-0.15, -0.1) is 0 Å². The van der Waals surface area contributed by atoms with Crippen LogP contribution in [0.2, 0.25) is 0 Å². The number of carbonyl (C=O) groups is 1. The van der Waals surface area contributed by atoms with Gasteiger partial charge < -0.3 is 24.4 Å². The van der Waals surface area contributed by atoms with Crippen LogP contribution in [0.3, 0.4) is 0 Å². The van der Waals surface area contributed by atoms with Crippen molar-refractivity contribution in [2.45, 2.75) is 72.0 Å². The van der Waals surface area contributed by atoms with Crippen LogP contribution in [-0.4, -0.2) is 46.7 Å². The summed E-state index contributed by atoms with van der Waals surface area (Å²) < 4.78 is 35.0. The van der Waals surface area contributed by atoms with Crippen molar-refractivity contribution in [1.29, 1.82) is 0 Å². The van der Waals surface area contributed by atoms with E-state index in [0.29, 0.717) is 30.6 Å². The van der Waals surface area contributed by atoms with Gasteiger partial charge in [0.1, 0.15) is 18.0 Å². The first-order chi connectivity index (χ1) is 22.9. The minimum absolute atomic E-state index is 0.0240. The predicted molar refractivity (Wildman–Crippen MR) is 191 cm³/mol. The number of hydrogen-bond acceptors (Lipinski definition) is 6. The molecule has 0 fully saturated rings. The number of aliphatic hydroxyl groups excluding tert-OH is 1. The fourth-order valence-electron chi connectivity index (χ4n) is 5.19. The number of alkyl carbamates (subject to hydrolysis) is 1. The van der Waals surface area contributed by atoms with Crippen molar-refractivity contribution in [2.24, 2.45) is 5.92 Å². The van der Waals surface area contributed by atoms with Crippen LogP contribution in [0.1, 0.15) is 51.3 Å². The minimum Gasteiger partial charge on any atom is -0.489 e. The van der Waals surface area contributed by atoms with Gasteiger partial charge in [0.05, 0.1) is 24.1 Å². The third kappa shape index (κ3) is 11.6. The van der Waals surface area contributed by atoms with Gasteiger partial charge in [-0.2, -0.15) is 0 Å². The van der Waals surface area contributed by atoms with Crippen LogP contribution in [0, 0.1) is 5.92 Å². The number of amides is 1. The molecule has 0 aromatic heterocycles. The lowest BCUT2D eigenvalue weighted by molar-refractivity contribution is 0.0394. The zero-order valence-electron chi connectivity index (χ0n) is 28.6. The first kappa shape index (κ1) is 36.9. The van der Waals surface area contributed by atoms with E-state index in [2.05, 4.69) is 5.32 Å². The lowest BCUT2D eigenvalue weighted by Crippen LogP contribution is -2.51. The molecule has 0 heterocycles. The number of nitrogens with zero attached hydrogens (tertiary/aromatic N) is 1. The molecule has 9 heteroatoms. The van der Waals surface area contributed by atoms with E-state index >= 15 is 4.57 Å². The van der Waals surface area contributed by atoms with Crippen LogP contribution in [-0.2, 0) is 33.5 Å². The summed E-state index contributed by atoms with van der Waals surface area (Å²) in [4.78, 5) is 12.9. The Bertz CT molecular complexity index is 1580. The van der Waals surface area contributed by atoms with E-state index in [0.717, 1.165) is 16.7 Å². The van der Waals surface area contributed by atoms with Crippen LogP contribution >= 0.6 is 7.52 Å². The molecule has 1 unspecified atom stereocenters. The first-order valence-electron chi connectivity index (χ1n) is 16.4. The maximum absolute atomic E-state index is 15.3. The SMILES string of the molecule is CC(C)CN(C[C@@H](O)[C@H](Cc1ccccc1)NC(=O)OC(C)(C)C)P(=O)(OCc1ccccc1)c1ccc(OCc2ccccc2)cc1. The van der Waals surface area contributed by atoms with Crippen LogP contribution in [0.15, 0.2) is 115 Å². The molecule has 256 valence electrons. The summed E-state index contributed by atoms with van der Waals surface area (Å²) in [6.45, 7) is 10.3. The van der Waals surface area contributed by atoms with Gasteiger partial charge in [-0.25, -0.2) is 9.46 Å². The number of aliphatic hydroxyl groups is 1. The Morgan fingerprint density at radius 3 is 1.81 bits per heavy atom. The Morgan fingerprint density at radius 1 is 0.771 bits per heavy atom. The highest BCUT2D eigenvalue weighted by Gasteiger charge is 2.38. The summed E-state index contributed by atoms with van der Waals surface area (Å²) in [5.41, 5.74) is 2.14. The Kier molecular flexibility index (Phi) is 13.4. The normalized spacial score (nSPS) is 14.2. The Hall–Kier alpha value is -3.94. The average Bonchev–Trinajstić information content (AvgIpc) is 3.06. The number of nitrogens with one attached hydrogen (secondary N) is 1. The Balaban J connectivity index is 1.63. The summed E-state index contributed by atoms with van der Waals surface area (Å²) in [5.74, 6) is 0.725. The summed E-state index contributed by atoms with van der Waals surface area (Å²) >= 11 is 0. The zero-order valence-corrected chi connectivity index (χ0v) is 29.5. The van der Waals surface area contributed by atoms with E-state index in [1.165, 1.54) is 0 Å². The van der Waals surface area contributed by atoms with Gasteiger partial charge >= 0.3 is 13.6 Å². The summed E-state index contributed by atoms with van der Waals surface area (Å²) in [6.07, 6.45) is -1.40. The fourth-order valence-corrected chi connectivity index (χ4v) is 7.60. The Labute approximate surface area is 285 Å². The molecule has 0 aliphatic rings. The van der Waals surface area contributed by atoms with Crippen LogP contribution in [0.5, 0.6) is 5.75 Å². The molecule has 0 radical (unpaired) electrons. The molecule has 0 spiro atoms. The number of carbonyl (C=O) groups excluding carboxylic acids is 1. The van der Waals surface area contributed by atoms with Crippen molar-refractivity contribution in [3.8, 4) is 5.75 Å². The molecule has 0 saturated heterocycles. The lowest BCUT2D eigenvalue weighted by Gasteiger charge is -2.36. The highest BCUT2D eigenvalue weighted by molar-refractivity contribution is 7.64. The molecule has 8 nitrogen and oxygen atoms in total. The van der Waals surface area contributed by atoms with Crippen LogP contribution in [0.4, 0.5) is 4.79 Å². The maximum atomic E-state index is 15.3. The highest BCUT2D eigenvalue weighted by Crippen LogP contribution is 2.51.